The number of hydrogen-bond acceptors (Lipinski definition) is 3. The smallest absolute Gasteiger partial charge is 0.233 e. The van der Waals surface area contributed by atoms with Crippen LogP contribution < -0.4 is 4.74 Å². The minimum absolute atomic E-state index is 0.0404. The van der Waals surface area contributed by atoms with E-state index in [1.165, 1.54) is 6.20 Å². The van der Waals surface area contributed by atoms with Gasteiger partial charge in [-0.3, -0.25) is 0 Å². The predicted octanol–water partition coefficient (Wildman–Crippen LogP) is 0.825. The van der Waals surface area contributed by atoms with E-state index in [2.05, 4.69) is 10.2 Å². The molecule has 0 saturated heterocycles. The summed E-state index contributed by atoms with van der Waals surface area (Å²) in [5.41, 5.74) is 0. The van der Waals surface area contributed by atoms with E-state index in [0.29, 0.717) is 5.88 Å². The molecule has 0 amide bonds. The van der Waals surface area contributed by atoms with Crippen LogP contribution in [0.5, 0.6) is 5.88 Å². The number of halogens is 1. The molecule has 0 spiro atoms. The fourth-order valence-electron chi connectivity index (χ4n) is 0.508. The van der Waals surface area contributed by atoms with Crippen molar-refractivity contribution in [2.45, 2.75) is 0 Å². The number of rotatable bonds is 3. The summed E-state index contributed by atoms with van der Waals surface area (Å²) < 4.78 is 16.3. The second-order valence-electron chi connectivity index (χ2n) is 1.60. The van der Waals surface area contributed by atoms with Crippen molar-refractivity contribution in [1.82, 2.24) is 10.2 Å². The van der Waals surface area contributed by atoms with Gasteiger partial charge >= 0.3 is 0 Å². The number of aromatic nitrogens is 2. The maximum Gasteiger partial charge on any atom is 0.233 e. The van der Waals surface area contributed by atoms with Gasteiger partial charge in [0, 0.05) is 12.3 Å². The second kappa shape index (κ2) is 3.76. The molecule has 0 saturated carbocycles. The first-order valence-corrected chi connectivity index (χ1v) is 2.90. The van der Waals surface area contributed by atoms with Crippen LogP contribution in [0.15, 0.2) is 18.3 Å². The van der Waals surface area contributed by atoms with Crippen LogP contribution in [-0.2, 0) is 0 Å². The van der Waals surface area contributed by atoms with Crippen LogP contribution in [0.2, 0.25) is 0 Å². The van der Waals surface area contributed by atoms with Crippen LogP contribution in [0.4, 0.5) is 4.39 Å². The van der Waals surface area contributed by atoms with Crippen molar-refractivity contribution in [2.24, 2.45) is 0 Å². The molecule has 1 heterocycles. The molecule has 0 atom stereocenters. The third-order valence-electron chi connectivity index (χ3n) is 0.875. The molecule has 0 aliphatic rings. The molecule has 0 bridgehead atoms. The average Bonchev–Trinajstić information content (AvgIpc) is 2.03. The number of hydrogen-bond donors (Lipinski definition) is 0. The number of alkyl halides is 1. The Morgan fingerprint density at radius 2 is 2.50 bits per heavy atom. The Bertz CT molecular complexity index is 180. The number of nitrogens with zero attached hydrogens (tertiary/aromatic N) is 2. The molecule has 0 fully saturated rings. The summed E-state index contributed by atoms with van der Waals surface area (Å²) in [6.07, 6.45) is 1.53. The molecule has 3 nitrogen and oxygen atoms in total. The molecule has 0 aromatic carbocycles. The van der Waals surface area contributed by atoms with E-state index in [-0.39, 0.29) is 6.61 Å². The van der Waals surface area contributed by atoms with Gasteiger partial charge in [-0.15, -0.1) is 5.10 Å². The van der Waals surface area contributed by atoms with Gasteiger partial charge in [-0.1, -0.05) is 0 Å². The van der Waals surface area contributed by atoms with Gasteiger partial charge in [0.2, 0.25) is 5.88 Å². The molecular weight excluding hydrogens is 135 g/mol. The summed E-state index contributed by atoms with van der Waals surface area (Å²) in [4.78, 5) is 0. The zero-order valence-electron chi connectivity index (χ0n) is 5.33. The predicted molar refractivity (Wildman–Crippen MR) is 33.5 cm³/mol. The number of ether oxygens (including phenoxy) is 1. The van der Waals surface area contributed by atoms with Crippen LogP contribution in [0, 0.1) is 0 Å². The van der Waals surface area contributed by atoms with Crippen molar-refractivity contribution >= 4 is 0 Å². The first-order chi connectivity index (χ1) is 4.93. The van der Waals surface area contributed by atoms with Gasteiger partial charge in [-0.05, 0) is 6.07 Å². The molecule has 0 aliphatic heterocycles. The Morgan fingerprint density at radius 1 is 1.60 bits per heavy atom. The van der Waals surface area contributed by atoms with Crippen LogP contribution in [0.1, 0.15) is 0 Å². The average molecular weight is 142 g/mol. The van der Waals surface area contributed by atoms with Gasteiger partial charge in [0.1, 0.15) is 13.3 Å². The molecule has 0 unspecified atom stereocenters. The minimum atomic E-state index is -0.503. The molecule has 0 aliphatic carbocycles. The Labute approximate surface area is 57.8 Å². The van der Waals surface area contributed by atoms with Gasteiger partial charge in [-0.25, -0.2) is 4.39 Å². The van der Waals surface area contributed by atoms with E-state index in [9.17, 15) is 4.39 Å². The van der Waals surface area contributed by atoms with E-state index < -0.39 is 6.67 Å². The highest BCUT2D eigenvalue weighted by atomic mass is 19.1. The zero-order valence-corrected chi connectivity index (χ0v) is 5.33. The molecule has 1 aromatic heterocycles. The quantitative estimate of drug-likeness (QED) is 0.626. The van der Waals surface area contributed by atoms with E-state index in [1.807, 2.05) is 0 Å². The highest BCUT2D eigenvalue weighted by Gasteiger charge is 1.90. The fraction of sp³-hybridized carbons (Fsp3) is 0.333. The third-order valence-corrected chi connectivity index (χ3v) is 0.875. The monoisotopic (exact) mass is 142 g/mol. The second-order valence-corrected chi connectivity index (χ2v) is 1.60. The molecule has 54 valence electrons. The topological polar surface area (TPSA) is 35.0 Å². The molecular formula is C6H7FN2O. The summed E-state index contributed by atoms with van der Waals surface area (Å²) in [6.45, 7) is -0.463. The molecule has 1 aromatic rings. The fourth-order valence-corrected chi connectivity index (χ4v) is 0.508. The lowest BCUT2D eigenvalue weighted by molar-refractivity contribution is 0.262. The summed E-state index contributed by atoms with van der Waals surface area (Å²) in [6, 6.07) is 3.31. The van der Waals surface area contributed by atoms with Crippen molar-refractivity contribution in [3.8, 4) is 5.88 Å². The summed E-state index contributed by atoms with van der Waals surface area (Å²) >= 11 is 0. The lowest BCUT2D eigenvalue weighted by Crippen LogP contribution is -2.00. The van der Waals surface area contributed by atoms with Crippen LogP contribution in [0.25, 0.3) is 0 Å². The van der Waals surface area contributed by atoms with Gasteiger partial charge in [0.15, 0.2) is 0 Å². The van der Waals surface area contributed by atoms with Crippen molar-refractivity contribution in [3.05, 3.63) is 18.3 Å². The van der Waals surface area contributed by atoms with E-state index in [1.54, 1.807) is 12.1 Å². The van der Waals surface area contributed by atoms with E-state index in [0.717, 1.165) is 0 Å². The highest BCUT2D eigenvalue weighted by molar-refractivity contribution is 5.04. The zero-order chi connectivity index (χ0) is 7.23. The van der Waals surface area contributed by atoms with Crippen LogP contribution in [0.3, 0.4) is 0 Å². The third kappa shape index (κ3) is 1.97. The van der Waals surface area contributed by atoms with Crippen molar-refractivity contribution < 1.29 is 9.13 Å². The SMILES string of the molecule is FCCOc1cccnn1. The standard InChI is InChI=1S/C6H7FN2O/c7-3-5-10-6-2-1-4-8-9-6/h1-2,4H,3,5H2. The van der Waals surface area contributed by atoms with Crippen molar-refractivity contribution in [2.75, 3.05) is 13.3 Å². The lowest BCUT2D eigenvalue weighted by Gasteiger charge is -1.98. The Hall–Kier alpha value is -1.19. The molecule has 0 radical (unpaired) electrons. The normalized spacial score (nSPS) is 9.30. The summed E-state index contributed by atoms with van der Waals surface area (Å²) in [5, 5.41) is 7.12. The molecule has 0 N–H and O–H groups in total. The molecule has 1 rings (SSSR count). The highest BCUT2D eigenvalue weighted by Crippen LogP contribution is 1.99. The van der Waals surface area contributed by atoms with Crippen LogP contribution >= 0.6 is 0 Å². The Balaban J connectivity index is 2.43. The van der Waals surface area contributed by atoms with Crippen molar-refractivity contribution in [3.63, 3.8) is 0 Å². The van der Waals surface area contributed by atoms with Gasteiger partial charge in [0.25, 0.3) is 0 Å². The van der Waals surface area contributed by atoms with Gasteiger partial charge < -0.3 is 4.74 Å². The largest absolute Gasteiger partial charge is 0.474 e. The Kier molecular flexibility index (Phi) is 2.61. The minimum Gasteiger partial charge on any atom is -0.474 e. The molecule has 10 heavy (non-hydrogen) atoms. The van der Waals surface area contributed by atoms with E-state index >= 15 is 0 Å². The van der Waals surface area contributed by atoms with Gasteiger partial charge in [-0.2, -0.15) is 5.10 Å². The summed E-state index contributed by atoms with van der Waals surface area (Å²) in [5.74, 6) is 0.361. The van der Waals surface area contributed by atoms with Crippen molar-refractivity contribution in [1.29, 1.82) is 0 Å². The maximum absolute atomic E-state index is 11.5. The van der Waals surface area contributed by atoms with Gasteiger partial charge in [0.05, 0.1) is 0 Å². The summed E-state index contributed by atoms with van der Waals surface area (Å²) in [7, 11) is 0. The Morgan fingerprint density at radius 3 is 3.10 bits per heavy atom. The van der Waals surface area contributed by atoms with E-state index in [4.69, 9.17) is 4.74 Å². The first kappa shape index (κ1) is 6.92. The first-order valence-electron chi connectivity index (χ1n) is 2.90. The van der Waals surface area contributed by atoms with Crippen LogP contribution in [-0.4, -0.2) is 23.5 Å². The maximum atomic E-state index is 11.5. The molecule has 4 heteroatoms. The lowest BCUT2D eigenvalue weighted by atomic mass is 10.6.